The van der Waals surface area contributed by atoms with Crippen LogP contribution in [0.2, 0.25) is 0 Å². The van der Waals surface area contributed by atoms with Gasteiger partial charge in [-0.05, 0) is 43.9 Å². The second kappa shape index (κ2) is 6.18. The Morgan fingerprint density at radius 2 is 1.45 bits per heavy atom. The number of anilines is 1. The van der Waals surface area contributed by atoms with Gasteiger partial charge >= 0.3 is 0 Å². The number of carbonyl (C=O) groups is 1. The number of hydrogen-bond donors (Lipinski definition) is 1. The van der Waals surface area contributed by atoms with Gasteiger partial charge < -0.3 is 5.32 Å². The fourth-order valence-corrected chi connectivity index (χ4v) is 2.88. The van der Waals surface area contributed by atoms with Gasteiger partial charge in [0.1, 0.15) is 0 Å². The van der Waals surface area contributed by atoms with Crippen molar-refractivity contribution in [1.29, 1.82) is 0 Å². The van der Waals surface area contributed by atoms with Gasteiger partial charge in [-0.1, -0.05) is 47.5 Å². The molecule has 2 heteroatoms. The third kappa shape index (κ3) is 3.45. The summed E-state index contributed by atoms with van der Waals surface area (Å²) in [6.45, 7) is 4.15. The van der Waals surface area contributed by atoms with Gasteiger partial charge in [-0.2, -0.15) is 0 Å². The molecule has 0 spiro atoms. The molecule has 0 radical (unpaired) electrons. The Morgan fingerprint density at radius 1 is 0.864 bits per heavy atom. The minimum Gasteiger partial charge on any atom is -0.359 e. The molecule has 0 aliphatic heterocycles. The molecule has 1 unspecified atom stereocenters. The van der Waals surface area contributed by atoms with Crippen LogP contribution in [0, 0.1) is 13.8 Å². The van der Waals surface area contributed by atoms with E-state index < -0.39 is 0 Å². The number of ketones is 1. The fraction of sp³-hybridized carbons (Fsp3) is 0.250. The monoisotopic (exact) mass is 291 g/mol. The highest BCUT2D eigenvalue weighted by atomic mass is 16.1. The van der Waals surface area contributed by atoms with E-state index in [2.05, 4.69) is 67.7 Å². The summed E-state index contributed by atoms with van der Waals surface area (Å²) in [6, 6.07) is 16.8. The molecule has 2 aromatic rings. The van der Waals surface area contributed by atoms with Crippen molar-refractivity contribution in [3.8, 4) is 0 Å². The Bertz CT molecular complexity index is 695. The summed E-state index contributed by atoms with van der Waals surface area (Å²) >= 11 is 0. The molecule has 3 rings (SSSR count). The lowest BCUT2D eigenvalue weighted by atomic mass is 9.85. The zero-order chi connectivity index (χ0) is 15.5. The average Bonchev–Trinajstić information content (AvgIpc) is 2.50. The predicted molar refractivity (Wildman–Crippen MR) is 91.0 cm³/mol. The van der Waals surface area contributed by atoms with Crippen molar-refractivity contribution in [3.05, 3.63) is 77.0 Å². The molecule has 0 aromatic heterocycles. The molecule has 1 aliphatic carbocycles. The van der Waals surface area contributed by atoms with Gasteiger partial charge in [0.25, 0.3) is 0 Å². The second-order valence-electron chi connectivity index (χ2n) is 6.14. The van der Waals surface area contributed by atoms with E-state index in [1.54, 1.807) is 6.08 Å². The van der Waals surface area contributed by atoms with Gasteiger partial charge in [-0.3, -0.25) is 4.79 Å². The van der Waals surface area contributed by atoms with Crippen LogP contribution < -0.4 is 5.32 Å². The lowest BCUT2D eigenvalue weighted by molar-refractivity contribution is -0.115. The zero-order valence-electron chi connectivity index (χ0n) is 13.1. The fourth-order valence-electron chi connectivity index (χ4n) is 2.88. The number of benzene rings is 2. The molecule has 2 nitrogen and oxygen atoms in total. The summed E-state index contributed by atoms with van der Waals surface area (Å²) in [5, 5.41) is 3.39. The van der Waals surface area contributed by atoms with Crippen LogP contribution in [0.3, 0.4) is 0 Å². The van der Waals surface area contributed by atoms with Crippen LogP contribution in [0.15, 0.2) is 60.3 Å². The first-order valence-corrected chi connectivity index (χ1v) is 7.74. The van der Waals surface area contributed by atoms with E-state index in [0.717, 1.165) is 17.8 Å². The average molecular weight is 291 g/mol. The smallest absolute Gasteiger partial charge is 0.158 e. The maximum Gasteiger partial charge on any atom is 0.158 e. The highest BCUT2D eigenvalue weighted by Crippen LogP contribution is 2.32. The lowest BCUT2D eigenvalue weighted by Crippen LogP contribution is -2.16. The first-order chi connectivity index (χ1) is 10.6. The summed E-state index contributed by atoms with van der Waals surface area (Å²) in [4.78, 5) is 12.1. The van der Waals surface area contributed by atoms with E-state index in [4.69, 9.17) is 0 Å². The maximum absolute atomic E-state index is 12.1. The van der Waals surface area contributed by atoms with E-state index in [0.29, 0.717) is 6.42 Å². The summed E-state index contributed by atoms with van der Waals surface area (Å²) in [5.74, 6) is 0.470. The first kappa shape index (κ1) is 14.6. The number of rotatable bonds is 3. The van der Waals surface area contributed by atoms with Crippen molar-refractivity contribution >= 4 is 11.5 Å². The summed E-state index contributed by atoms with van der Waals surface area (Å²) in [6.07, 6.45) is 3.23. The van der Waals surface area contributed by atoms with Crippen molar-refractivity contribution in [1.82, 2.24) is 0 Å². The summed E-state index contributed by atoms with van der Waals surface area (Å²) in [7, 11) is 0. The molecule has 1 N–H and O–H groups in total. The SMILES string of the molecule is Cc1ccc(NC2=CC(=O)CC(c3ccc(C)cc3)C2)cc1. The van der Waals surface area contributed by atoms with Gasteiger partial charge in [0, 0.05) is 23.9 Å². The molecule has 2 aromatic carbocycles. The lowest BCUT2D eigenvalue weighted by Gasteiger charge is -2.23. The number of hydrogen-bond acceptors (Lipinski definition) is 2. The summed E-state index contributed by atoms with van der Waals surface area (Å²) in [5.41, 5.74) is 5.77. The molecular weight excluding hydrogens is 270 g/mol. The predicted octanol–water partition coefficient (Wildman–Crippen LogP) is 4.75. The highest BCUT2D eigenvalue weighted by Gasteiger charge is 2.22. The van der Waals surface area contributed by atoms with E-state index >= 15 is 0 Å². The molecule has 0 saturated heterocycles. The molecular formula is C20H21NO. The minimum absolute atomic E-state index is 0.200. The van der Waals surface area contributed by atoms with Gasteiger partial charge in [0.15, 0.2) is 5.78 Å². The van der Waals surface area contributed by atoms with Crippen LogP contribution in [0.5, 0.6) is 0 Å². The normalized spacial score (nSPS) is 18.0. The minimum atomic E-state index is 0.200. The highest BCUT2D eigenvalue weighted by molar-refractivity contribution is 5.92. The maximum atomic E-state index is 12.1. The second-order valence-corrected chi connectivity index (χ2v) is 6.14. The van der Waals surface area contributed by atoms with Gasteiger partial charge in [-0.15, -0.1) is 0 Å². The van der Waals surface area contributed by atoms with Crippen LogP contribution in [-0.2, 0) is 4.79 Å². The third-order valence-corrected chi connectivity index (χ3v) is 4.15. The van der Waals surface area contributed by atoms with Crippen LogP contribution in [-0.4, -0.2) is 5.78 Å². The Balaban J connectivity index is 1.76. The number of aryl methyl sites for hydroxylation is 2. The Hall–Kier alpha value is -2.35. The number of carbonyl (C=O) groups excluding carboxylic acids is 1. The van der Waals surface area contributed by atoms with Gasteiger partial charge in [-0.25, -0.2) is 0 Å². The first-order valence-electron chi connectivity index (χ1n) is 7.74. The van der Waals surface area contributed by atoms with Gasteiger partial charge in [0.2, 0.25) is 0 Å². The van der Waals surface area contributed by atoms with Crippen molar-refractivity contribution in [2.75, 3.05) is 5.32 Å². The molecule has 0 saturated carbocycles. The zero-order valence-corrected chi connectivity index (χ0v) is 13.1. The van der Waals surface area contributed by atoms with Crippen molar-refractivity contribution in [2.45, 2.75) is 32.6 Å². The van der Waals surface area contributed by atoms with Gasteiger partial charge in [0.05, 0.1) is 0 Å². The van der Waals surface area contributed by atoms with Crippen molar-refractivity contribution in [2.24, 2.45) is 0 Å². The van der Waals surface area contributed by atoms with E-state index in [1.165, 1.54) is 16.7 Å². The van der Waals surface area contributed by atoms with Crippen molar-refractivity contribution in [3.63, 3.8) is 0 Å². The largest absolute Gasteiger partial charge is 0.359 e. The van der Waals surface area contributed by atoms with Crippen LogP contribution in [0.25, 0.3) is 0 Å². The Morgan fingerprint density at radius 3 is 2.09 bits per heavy atom. The molecule has 1 atom stereocenters. The van der Waals surface area contributed by atoms with E-state index in [9.17, 15) is 4.79 Å². The standard InChI is InChI=1S/C20H21NO/c1-14-3-7-16(8-4-14)17-11-19(13-20(22)12-17)21-18-9-5-15(2)6-10-18/h3-10,13,17,21H,11-12H2,1-2H3. The van der Waals surface area contributed by atoms with E-state index in [1.807, 2.05) is 0 Å². The quantitative estimate of drug-likeness (QED) is 0.884. The molecule has 112 valence electrons. The van der Waals surface area contributed by atoms with E-state index in [-0.39, 0.29) is 11.7 Å². The molecule has 22 heavy (non-hydrogen) atoms. The molecule has 1 aliphatic rings. The molecule has 0 bridgehead atoms. The van der Waals surface area contributed by atoms with Crippen LogP contribution in [0.1, 0.15) is 35.4 Å². The third-order valence-electron chi connectivity index (χ3n) is 4.15. The molecule has 0 heterocycles. The summed E-state index contributed by atoms with van der Waals surface area (Å²) < 4.78 is 0. The molecule has 0 fully saturated rings. The Labute approximate surface area is 131 Å². The number of nitrogens with one attached hydrogen (secondary N) is 1. The van der Waals surface area contributed by atoms with Crippen LogP contribution in [0.4, 0.5) is 5.69 Å². The topological polar surface area (TPSA) is 29.1 Å². The van der Waals surface area contributed by atoms with Crippen LogP contribution >= 0.6 is 0 Å². The number of allylic oxidation sites excluding steroid dienone is 2. The Kier molecular flexibility index (Phi) is 4.10. The molecule has 0 amide bonds. The van der Waals surface area contributed by atoms with Crippen molar-refractivity contribution < 1.29 is 4.79 Å².